The molecule has 1 N–H and O–H groups in total. The molecule has 1 aromatic carbocycles. The first kappa shape index (κ1) is 16.8. The number of carbonyl (C=O) groups excluding carboxylic acids is 1. The number of hydrogen-bond acceptors (Lipinski definition) is 4. The quantitative estimate of drug-likeness (QED) is 0.862. The molecule has 7 heteroatoms. The van der Waals surface area contributed by atoms with Crippen molar-refractivity contribution >= 4 is 15.9 Å². The van der Waals surface area contributed by atoms with E-state index in [2.05, 4.69) is 4.72 Å². The fourth-order valence-corrected chi connectivity index (χ4v) is 3.71. The van der Waals surface area contributed by atoms with E-state index in [1.165, 1.54) is 6.07 Å². The normalized spacial score (nSPS) is 15.1. The van der Waals surface area contributed by atoms with Crippen LogP contribution in [0.4, 0.5) is 0 Å². The second kappa shape index (κ2) is 7.11. The van der Waals surface area contributed by atoms with Crippen LogP contribution in [0.2, 0.25) is 0 Å². The topological polar surface area (TPSA) is 75.7 Å². The van der Waals surface area contributed by atoms with Gasteiger partial charge in [0.1, 0.15) is 10.6 Å². The molecule has 1 saturated heterocycles. The van der Waals surface area contributed by atoms with E-state index in [9.17, 15) is 13.2 Å². The molecule has 0 aliphatic carbocycles. The fraction of sp³-hybridized carbons (Fsp3) is 0.533. The Balaban J connectivity index is 2.40. The summed E-state index contributed by atoms with van der Waals surface area (Å²) in [7, 11) is -3.69. The highest BCUT2D eigenvalue weighted by molar-refractivity contribution is 7.89. The SMILES string of the molecule is CCNS(=O)(=O)c1cc(C(=O)N2CCCC2)ccc1OCC. The van der Waals surface area contributed by atoms with Gasteiger partial charge < -0.3 is 9.64 Å². The summed E-state index contributed by atoms with van der Waals surface area (Å²) in [5, 5.41) is 0. The van der Waals surface area contributed by atoms with Crippen LogP contribution in [-0.2, 0) is 10.0 Å². The lowest BCUT2D eigenvalue weighted by Crippen LogP contribution is -2.28. The van der Waals surface area contributed by atoms with Gasteiger partial charge in [-0.3, -0.25) is 4.79 Å². The highest BCUT2D eigenvalue weighted by Crippen LogP contribution is 2.26. The van der Waals surface area contributed by atoms with Crippen molar-refractivity contribution in [2.45, 2.75) is 31.6 Å². The molecule has 1 amide bonds. The zero-order valence-corrected chi connectivity index (χ0v) is 13.8. The largest absolute Gasteiger partial charge is 0.492 e. The highest BCUT2D eigenvalue weighted by atomic mass is 32.2. The van der Waals surface area contributed by atoms with Crippen molar-refractivity contribution in [3.63, 3.8) is 0 Å². The van der Waals surface area contributed by atoms with Crippen LogP contribution in [-0.4, -0.2) is 45.5 Å². The minimum Gasteiger partial charge on any atom is -0.492 e. The van der Waals surface area contributed by atoms with Crippen molar-refractivity contribution in [3.8, 4) is 5.75 Å². The highest BCUT2D eigenvalue weighted by Gasteiger charge is 2.24. The van der Waals surface area contributed by atoms with Crippen LogP contribution >= 0.6 is 0 Å². The average molecular weight is 326 g/mol. The molecule has 122 valence electrons. The molecular formula is C15H22N2O4S. The van der Waals surface area contributed by atoms with Crippen LogP contribution in [0.25, 0.3) is 0 Å². The Morgan fingerprint density at radius 3 is 2.55 bits per heavy atom. The summed E-state index contributed by atoms with van der Waals surface area (Å²) in [6.07, 6.45) is 1.98. The smallest absolute Gasteiger partial charge is 0.253 e. The van der Waals surface area contributed by atoms with Gasteiger partial charge in [0.15, 0.2) is 0 Å². The zero-order chi connectivity index (χ0) is 16.2. The number of amides is 1. The summed E-state index contributed by atoms with van der Waals surface area (Å²) >= 11 is 0. The molecule has 1 aliphatic heterocycles. The molecule has 2 rings (SSSR count). The Hall–Kier alpha value is -1.60. The summed E-state index contributed by atoms with van der Waals surface area (Å²) in [6, 6.07) is 4.58. The van der Waals surface area contributed by atoms with Gasteiger partial charge in [0.05, 0.1) is 6.61 Å². The number of hydrogen-bond donors (Lipinski definition) is 1. The van der Waals surface area contributed by atoms with Gasteiger partial charge >= 0.3 is 0 Å². The second-order valence-electron chi connectivity index (χ2n) is 5.10. The van der Waals surface area contributed by atoms with E-state index in [4.69, 9.17) is 4.74 Å². The number of likely N-dealkylation sites (tertiary alicyclic amines) is 1. The first-order valence-electron chi connectivity index (χ1n) is 7.55. The Labute approximate surface area is 131 Å². The molecule has 1 heterocycles. The van der Waals surface area contributed by atoms with Crippen molar-refractivity contribution < 1.29 is 17.9 Å². The molecule has 0 bridgehead atoms. The van der Waals surface area contributed by atoms with Gasteiger partial charge in [0.2, 0.25) is 10.0 Å². The predicted octanol–water partition coefficient (Wildman–Crippen LogP) is 1.62. The summed E-state index contributed by atoms with van der Waals surface area (Å²) in [5.41, 5.74) is 0.377. The van der Waals surface area contributed by atoms with Crippen molar-refractivity contribution in [2.75, 3.05) is 26.2 Å². The Kier molecular flexibility index (Phi) is 5.42. The van der Waals surface area contributed by atoms with Crippen molar-refractivity contribution in [1.82, 2.24) is 9.62 Å². The van der Waals surface area contributed by atoms with E-state index in [1.807, 2.05) is 0 Å². The first-order chi connectivity index (χ1) is 10.5. The van der Waals surface area contributed by atoms with Crippen LogP contribution in [0, 0.1) is 0 Å². The minimum atomic E-state index is -3.69. The third-order valence-corrected chi connectivity index (χ3v) is 5.07. The Bertz CT molecular complexity index is 637. The van der Waals surface area contributed by atoms with E-state index in [0.717, 1.165) is 25.9 Å². The Morgan fingerprint density at radius 1 is 1.27 bits per heavy atom. The van der Waals surface area contributed by atoms with Gasteiger partial charge in [-0.2, -0.15) is 0 Å². The molecule has 1 aliphatic rings. The second-order valence-corrected chi connectivity index (χ2v) is 6.83. The molecule has 22 heavy (non-hydrogen) atoms. The zero-order valence-electron chi connectivity index (χ0n) is 13.0. The fourth-order valence-electron chi connectivity index (χ4n) is 2.50. The van der Waals surface area contributed by atoms with Gasteiger partial charge in [0, 0.05) is 25.2 Å². The lowest BCUT2D eigenvalue weighted by Gasteiger charge is -2.17. The first-order valence-corrected chi connectivity index (χ1v) is 9.03. The summed E-state index contributed by atoms with van der Waals surface area (Å²) < 4.78 is 32.4. The number of ether oxygens (including phenoxy) is 1. The summed E-state index contributed by atoms with van der Waals surface area (Å²) in [5.74, 6) is 0.134. The average Bonchev–Trinajstić information content (AvgIpc) is 3.01. The van der Waals surface area contributed by atoms with Crippen molar-refractivity contribution in [3.05, 3.63) is 23.8 Å². The number of sulfonamides is 1. The lowest BCUT2D eigenvalue weighted by atomic mass is 10.2. The monoisotopic (exact) mass is 326 g/mol. The summed E-state index contributed by atoms with van der Waals surface area (Å²) in [4.78, 5) is 14.2. The third kappa shape index (κ3) is 3.59. The maximum Gasteiger partial charge on any atom is 0.253 e. The van der Waals surface area contributed by atoms with Crippen LogP contribution < -0.4 is 9.46 Å². The molecule has 6 nitrogen and oxygen atoms in total. The van der Waals surface area contributed by atoms with Crippen LogP contribution in [0.15, 0.2) is 23.1 Å². The molecule has 0 atom stereocenters. The van der Waals surface area contributed by atoms with Gasteiger partial charge in [-0.25, -0.2) is 13.1 Å². The van der Waals surface area contributed by atoms with Crippen molar-refractivity contribution in [1.29, 1.82) is 0 Å². The molecule has 0 unspecified atom stereocenters. The van der Waals surface area contributed by atoms with Gasteiger partial charge in [-0.15, -0.1) is 0 Å². The van der Waals surface area contributed by atoms with Crippen LogP contribution in [0.1, 0.15) is 37.0 Å². The Morgan fingerprint density at radius 2 is 1.95 bits per heavy atom. The summed E-state index contributed by atoms with van der Waals surface area (Å²) in [6.45, 7) is 5.57. The number of nitrogens with zero attached hydrogens (tertiary/aromatic N) is 1. The number of benzene rings is 1. The van der Waals surface area contributed by atoms with Crippen molar-refractivity contribution in [2.24, 2.45) is 0 Å². The number of carbonyl (C=O) groups is 1. The molecule has 1 aromatic rings. The molecule has 0 radical (unpaired) electrons. The molecule has 0 saturated carbocycles. The molecular weight excluding hydrogens is 304 g/mol. The third-order valence-electron chi connectivity index (χ3n) is 3.51. The van der Waals surface area contributed by atoms with Crippen LogP contribution in [0.3, 0.4) is 0 Å². The minimum absolute atomic E-state index is 0.0150. The maximum atomic E-state index is 12.4. The molecule has 0 aromatic heterocycles. The van der Waals surface area contributed by atoms with Gasteiger partial charge in [-0.1, -0.05) is 6.92 Å². The van der Waals surface area contributed by atoms with E-state index >= 15 is 0 Å². The number of rotatable bonds is 6. The lowest BCUT2D eigenvalue weighted by molar-refractivity contribution is 0.0792. The maximum absolute atomic E-state index is 12.4. The molecule has 0 spiro atoms. The van der Waals surface area contributed by atoms with E-state index in [0.29, 0.717) is 12.2 Å². The molecule has 1 fully saturated rings. The predicted molar refractivity (Wildman–Crippen MR) is 83.6 cm³/mol. The van der Waals surface area contributed by atoms with E-state index in [1.54, 1.807) is 30.9 Å². The van der Waals surface area contributed by atoms with Gasteiger partial charge in [0.25, 0.3) is 5.91 Å². The van der Waals surface area contributed by atoms with E-state index in [-0.39, 0.29) is 23.1 Å². The standard InChI is InChI=1S/C15H22N2O4S/c1-3-16-22(19,20)14-11-12(7-8-13(14)21-4-2)15(18)17-9-5-6-10-17/h7-8,11,16H,3-6,9-10H2,1-2H3. The van der Waals surface area contributed by atoms with E-state index < -0.39 is 10.0 Å². The van der Waals surface area contributed by atoms with Gasteiger partial charge in [-0.05, 0) is 38.0 Å². The number of nitrogens with one attached hydrogen (secondary N) is 1. The van der Waals surface area contributed by atoms with Crippen LogP contribution in [0.5, 0.6) is 5.75 Å².